The molecule has 0 bridgehead atoms. The fraction of sp³-hybridized carbons (Fsp3) is 0.125. The molecule has 0 unspecified atom stereocenters. The van der Waals surface area contributed by atoms with Crippen molar-refractivity contribution in [2.75, 3.05) is 18.4 Å². The van der Waals surface area contributed by atoms with Crippen LogP contribution in [0.5, 0.6) is 0 Å². The molecule has 0 radical (unpaired) electrons. The number of anilines is 1. The molecule has 0 spiro atoms. The first-order valence-corrected chi connectivity index (χ1v) is 7.69. The quantitative estimate of drug-likeness (QED) is 0.670. The maximum atomic E-state index is 12.1. The highest BCUT2D eigenvalue weighted by atomic mass is 35.5. The molecule has 0 saturated carbocycles. The Balaban J connectivity index is 1.51. The molecule has 1 amide bonds. The largest absolute Gasteiger partial charge is 0.367 e. The van der Waals surface area contributed by atoms with Crippen molar-refractivity contribution in [2.45, 2.75) is 0 Å². The molecule has 2 N–H and O–H groups in total. The number of hydrogen-bond acceptors (Lipinski definition) is 5. The van der Waals surface area contributed by atoms with E-state index in [0.29, 0.717) is 29.5 Å². The Kier molecular flexibility index (Phi) is 5.02. The number of amides is 1. The van der Waals surface area contributed by atoms with Crippen LogP contribution < -0.4 is 10.6 Å². The van der Waals surface area contributed by atoms with Crippen molar-refractivity contribution in [3.63, 3.8) is 0 Å². The Hall–Kier alpha value is -2.93. The first-order valence-electron chi connectivity index (χ1n) is 7.31. The van der Waals surface area contributed by atoms with Crippen LogP contribution in [0.3, 0.4) is 0 Å². The van der Waals surface area contributed by atoms with Gasteiger partial charge in [0.15, 0.2) is 0 Å². The van der Waals surface area contributed by atoms with Crippen molar-refractivity contribution in [3.05, 3.63) is 65.8 Å². The van der Waals surface area contributed by atoms with Crippen molar-refractivity contribution in [1.82, 2.24) is 25.1 Å². The average molecular weight is 343 g/mol. The zero-order valence-corrected chi connectivity index (χ0v) is 13.4. The third kappa shape index (κ3) is 4.08. The second kappa shape index (κ2) is 7.56. The number of carbonyl (C=O) groups excluding carboxylic acids is 1. The smallest absolute Gasteiger partial charge is 0.254 e. The van der Waals surface area contributed by atoms with Crippen molar-refractivity contribution < 1.29 is 4.79 Å². The minimum Gasteiger partial charge on any atom is -0.367 e. The summed E-state index contributed by atoms with van der Waals surface area (Å²) >= 11 is 5.86. The van der Waals surface area contributed by atoms with Gasteiger partial charge in [0.05, 0.1) is 23.6 Å². The molecule has 1 aromatic carbocycles. The molecule has 0 atom stereocenters. The molecule has 122 valence electrons. The lowest BCUT2D eigenvalue weighted by Crippen LogP contribution is -2.28. The van der Waals surface area contributed by atoms with Gasteiger partial charge in [0, 0.05) is 36.7 Å². The zero-order chi connectivity index (χ0) is 16.8. The highest BCUT2D eigenvalue weighted by molar-refractivity contribution is 6.30. The molecule has 2 heterocycles. The first-order chi connectivity index (χ1) is 11.7. The lowest BCUT2D eigenvalue weighted by atomic mass is 10.3. The molecule has 0 saturated heterocycles. The lowest BCUT2D eigenvalue weighted by Gasteiger charge is -2.05. The topological polar surface area (TPSA) is 84.7 Å². The van der Waals surface area contributed by atoms with Gasteiger partial charge in [0.1, 0.15) is 5.82 Å². The normalized spacial score (nSPS) is 10.4. The van der Waals surface area contributed by atoms with Crippen molar-refractivity contribution in [3.8, 4) is 5.69 Å². The van der Waals surface area contributed by atoms with Gasteiger partial charge in [-0.1, -0.05) is 11.6 Å². The number of rotatable bonds is 6. The van der Waals surface area contributed by atoms with Gasteiger partial charge in [-0.2, -0.15) is 5.10 Å². The van der Waals surface area contributed by atoms with Crippen LogP contribution in [0.4, 0.5) is 5.82 Å². The molecule has 8 heteroatoms. The summed E-state index contributed by atoms with van der Waals surface area (Å²) in [5.41, 5.74) is 1.33. The molecule has 0 aliphatic heterocycles. The number of aromatic nitrogens is 4. The lowest BCUT2D eigenvalue weighted by molar-refractivity contribution is 0.0955. The van der Waals surface area contributed by atoms with Gasteiger partial charge in [0.25, 0.3) is 5.91 Å². The maximum Gasteiger partial charge on any atom is 0.254 e. The van der Waals surface area contributed by atoms with Gasteiger partial charge in [0.2, 0.25) is 0 Å². The monoisotopic (exact) mass is 342 g/mol. The number of halogens is 1. The molecule has 3 rings (SSSR count). The van der Waals surface area contributed by atoms with E-state index in [-0.39, 0.29) is 5.91 Å². The summed E-state index contributed by atoms with van der Waals surface area (Å²) in [6.07, 6.45) is 8.03. The summed E-state index contributed by atoms with van der Waals surface area (Å²) in [6, 6.07) is 7.22. The van der Waals surface area contributed by atoms with Crippen molar-refractivity contribution in [1.29, 1.82) is 0 Å². The maximum absolute atomic E-state index is 12.1. The molecule has 0 aliphatic rings. The van der Waals surface area contributed by atoms with Gasteiger partial charge < -0.3 is 10.6 Å². The Morgan fingerprint density at radius 3 is 2.71 bits per heavy atom. The van der Waals surface area contributed by atoms with Crippen molar-refractivity contribution >= 4 is 23.3 Å². The first kappa shape index (κ1) is 15.9. The SMILES string of the molecule is O=C(NCCNc1cnccn1)c1cnn(-c2ccc(Cl)cc2)c1. The summed E-state index contributed by atoms with van der Waals surface area (Å²) in [5, 5.41) is 10.7. The Morgan fingerprint density at radius 2 is 1.96 bits per heavy atom. The number of nitrogens with zero attached hydrogens (tertiary/aromatic N) is 4. The summed E-state index contributed by atoms with van der Waals surface area (Å²) < 4.78 is 1.63. The third-order valence-electron chi connectivity index (χ3n) is 3.22. The van der Waals surface area contributed by atoms with E-state index >= 15 is 0 Å². The van der Waals surface area contributed by atoms with Crippen LogP contribution in [0.25, 0.3) is 5.69 Å². The summed E-state index contributed by atoms with van der Waals surface area (Å²) in [6.45, 7) is 1.01. The fourth-order valence-corrected chi connectivity index (χ4v) is 2.16. The predicted molar refractivity (Wildman–Crippen MR) is 91.4 cm³/mol. The fourth-order valence-electron chi connectivity index (χ4n) is 2.03. The van der Waals surface area contributed by atoms with Gasteiger partial charge in [-0.3, -0.25) is 9.78 Å². The van der Waals surface area contributed by atoms with Crippen LogP contribution >= 0.6 is 11.6 Å². The third-order valence-corrected chi connectivity index (χ3v) is 3.47. The molecule has 7 nitrogen and oxygen atoms in total. The molecule has 3 aromatic rings. The van der Waals surface area contributed by atoms with Crippen LogP contribution in [0.1, 0.15) is 10.4 Å². The molecule has 0 aliphatic carbocycles. The summed E-state index contributed by atoms with van der Waals surface area (Å²) in [5.74, 6) is 0.485. The second-order valence-electron chi connectivity index (χ2n) is 4.92. The highest BCUT2D eigenvalue weighted by Crippen LogP contribution is 2.13. The van der Waals surface area contributed by atoms with Gasteiger partial charge >= 0.3 is 0 Å². The van der Waals surface area contributed by atoms with Crippen LogP contribution in [0.15, 0.2) is 55.2 Å². The average Bonchev–Trinajstić information content (AvgIpc) is 3.10. The molecule has 0 fully saturated rings. The Morgan fingerprint density at radius 1 is 1.12 bits per heavy atom. The van der Waals surface area contributed by atoms with E-state index in [4.69, 9.17) is 11.6 Å². The minimum atomic E-state index is -0.184. The minimum absolute atomic E-state index is 0.184. The molecule has 2 aromatic heterocycles. The highest BCUT2D eigenvalue weighted by Gasteiger charge is 2.08. The van der Waals surface area contributed by atoms with E-state index < -0.39 is 0 Å². The number of carbonyl (C=O) groups is 1. The van der Waals surface area contributed by atoms with Crippen LogP contribution in [-0.4, -0.2) is 38.7 Å². The molecule has 24 heavy (non-hydrogen) atoms. The molecular weight excluding hydrogens is 328 g/mol. The van der Waals surface area contributed by atoms with E-state index in [1.165, 1.54) is 6.20 Å². The van der Waals surface area contributed by atoms with E-state index in [2.05, 4.69) is 25.7 Å². The Labute approximate surface area is 143 Å². The van der Waals surface area contributed by atoms with E-state index in [9.17, 15) is 4.79 Å². The van der Waals surface area contributed by atoms with Gasteiger partial charge in [-0.15, -0.1) is 0 Å². The van der Waals surface area contributed by atoms with Gasteiger partial charge in [-0.25, -0.2) is 9.67 Å². The zero-order valence-electron chi connectivity index (χ0n) is 12.7. The molecular formula is C16H15ClN6O. The standard InChI is InChI=1S/C16H15ClN6O/c17-13-1-3-14(4-2-13)23-11-12(9-22-23)16(24)21-8-7-20-15-10-18-5-6-19-15/h1-6,9-11H,7-8H2,(H,19,20)(H,21,24). The number of nitrogens with one attached hydrogen (secondary N) is 2. The van der Waals surface area contributed by atoms with Crippen molar-refractivity contribution in [2.24, 2.45) is 0 Å². The van der Waals surface area contributed by atoms with Crippen LogP contribution in [0.2, 0.25) is 5.02 Å². The van der Waals surface area contributed by atoms with E-state index in [1.807, 2.05) is 12.1 Å². The number of benzene rings is 1. The van der Waals surface area contributed by atoms with E-state index in [1.54, 1.807) is 41.6 Å². The van der Waals surface area contributed by atoms with Gasteiger partial charge in [-0.05, 0) is 24.3 Å². The predicted octanol–water partition coefficient (Wildman–Crippen LogP) is 2.16. The van der Waals surface area contributed by atoms with Crippen LogP contribution in [-0.2, 0) is 0 Å². The van der Waals surface area contributed by atoms with Crippen LogP contribution in [0, 0.1) is 0 Å². The summed E-state index contributed by atoms with van der Waals surface area (Å²) in [4.78, 5) is 20.2. The number of hydrogen-bond donors (Lipinski definition) is 2. The summed E-state index contributed by atoms with van der Waals surface area (Å²) in [7, 11) is 0. The van der Waals surface area contributed by atoms with E-state index in [0.717, 1.165) is 5.69 Å². The Bertz CT molecular complexity index is 803. The second-order valence-corrected chi connectivity index (χ2v) is 5.36.